The predicted octanol–water partition coefficient (Wildman–Crippen LogP) is 16.5. The molecule has 0 saturated heterocycles. The second-order valence-corrected chi connectivity index (χ2v) is 24.6. The number of hydrogen-bond acceptors (Lipinski definition) is 10. The van der Waals surface area contributed by atoms with Gasteiger partial charge in [-0.2, -0.15) is 0 Å². The van der Waals surface area contributed by atoms with E-state index >= 15 is 0 Å². The fourth-order valence-corrected chi connectivity index (χ4v) is 14.4. The van der Waals surface area contributed by atoms with Crippen molar-refractivity contribution in [2.75, 3.05) is 20.0 Å². The van der Waals surface area contributed by atoms with Crippen LogP contribution >= 0.6 is 0 Å². The number of hydrogen-bond donors (Lipinski definition) is 0. The van der Waals surface area contributed by atoms with Gasteiger partial charge < -0.3 is 23.7 Å². The Morgan fingerprint density at radius 2 is 0.945 bits per heavy atom. The molecule has 4 rings (SSSR count). The molecule has 73 heavy (non-hydrogen) atoms. The predicted molar refractivity (Wildman–Crippen MR) is 293 cm³/mol. The first-order valence-electron chi connectivity index (χ1n) is 31.1. The third-order valence-corrected chi connectivity index (χ3v) is 18.8. The average Bonchev–Trinajstić information content (AvgIpc) is 3.73. The molecule has 0 amide bonds. The molecule has 4 saturated carbocycles. The fourth-order valence-electron chi connectivity index (χ4n) is 14.4. The van der Waals surface area contributed by atoms with Crippen LogP contribution < -0.4 is 0 Å². The lowest BCUT2D eigenvalue weighted by Gasteiger charge is -2.61. The van der Waals surface area contributed by atoms with Crippen LogP contribution in [0.15, 0.2) is 0 Å². The molecule has 10 heteroatoms. The molecule has 0 aromatic heterocycles. The van der Waals surface area contributed by atoms with Crippen LogP contribution in [-0.4, -0.2) is 61.9 Å². The van der Waals surface area contributed by atoms with E-state index in [4.69, 9.17) is 23.7 Å². The van der Waals surface area contributed by atoms with Gasteiger partial charge in [0, 0.05) is 31.6 Å². The SMILES string of the molecule is CCCCCCCCCCCCCCCC(=O)OCC(COC(=O)CCCCCCCCCCCCCCC)OC(=O)CC(C)CC(=O)OCO[C@@H]1CC[C@@]2(C)[C@@H](CC[C@@H]3[C@@H]2CC[C@]2(C)[C@@H](C(C)=O)CC[C@@H]32)C1. The highest BCUT2D eigenvalue weighted by molar-refractivity contribution is 5.79. The summed E-state index contributed by atoms with van der Waals surface area (Å²) in [4.78, 5) is 64.3. The van der Waals surface area contributed by atoms with Crippen LogP contribution in [0.25, 0.3) is 0 Å². The first kappa shape index (κ1) is 63.0. The van der Waals surface area contributed by atoms with E-state index in [1.54, 1.807) is 0 Å². The molecule has 0 radical (unpaired) electrons. The minimum absolute atomic E-state index is 0.0321. The fraction of sp³-hybridized carbons (Fsp3) is 0.921. The number of carbonyl (C=O) groups is 5. The standard InChI is InChI=1S/C63H110O10/c1-7-9-11-13-15-17-19-21-23-25-27-29-31-33-58(65)69-46-53(47-70-59(66)34-32-30-28-26-24-22-20-18-16-14-12-10-8-2)73-61(68)44-49(3)43-60(67)72-48-71-52-39-41-62(5)51(45-52)35-36-54-56-38-37-55(50(4)64)63(56,6)42-40-57(54)62/h49,51-57H,7-48H2,1-6H3/t49?,51-,52+,54-,55+,56-,57-,62-,63+/m0/s1. The second-order valence-electron chi connectivity index (χ2n) is 24.6. The van der Waals surface area contributed by atoms with Gasteiger partial charge in [0.05, 0.1) is 6.10 Å². The van der Waals surface area contributed by atoms with Gasteiger partial charge in [0.2, 0.25) is 0 Å². The Labute approximate surface area is 446 Å². The van der Waals surface area contributed by atoms with Gasteiger partial charge in [0.25, 0.3) is 0 Å². The number of rotatable bonds is 41. The summed E-state index contributed by atoms with van der Waals surface area (Å²) >= 11 is 0. The maximum atomic E-state index is 13.2. The first-order chi connectivity index (χ1) is 35.3. The van der Waals surface area contributed by atoms with Crippen molar-refractivity contribution < 1.29 is 47.7 Å². The number of ketones is 1. The molecule has 0 bridgehead atoms. The first-order valence-corrected chi connectivity index (χ1v) is 31.1. The maximum absolute atomic E-state index is 13.2. The van der Waals surface area contributed by atoms with Gasteiger partial charge in [0.15, 0.2) is 12.9 Å². The van der Waals surface area contributed by atoms with Crippen molar-refractivity contribution in [2.45, 2.75) is 304 Å². The van der Waals surface area contributed by atoms with Gasteiger partial charge in [-0.3, -0.25) is 24.0 Å². The van der Waals surface area contributed by atoms with Gasteiger partial charge in [-0.1, -0.05) is 189 Å². The van der Waals surface area contributed by atoms with Gasteiger partial charge >= 0.3 is 23.9 Å². The van der Waals surface area contributed by atoms with Crippen LogP contribution in [0.3, 0.4) is 0 Å². The van der Waals surface area contributed by atoms with Crippen LogP contribution in [-0.2, 0) is 47.7 Å². The van der Waals surface area contributed by atoms with Gasteiger partial charge in [-0.25, -0.2) is 0 Å². The summed E-state index contributed by atoms with van der Waals surface area (Å²) in [5.74, 6) is 1.29. The molecule has 0 heterocycles. The van der Waals surface area contributed by atoms with Crippen molar-refractivity contribution in [2.24, 2.45) is 46.3 Å². The number of fused-ring (bicyclic) bond motifs is 5. The Bertz CT molecular complexity index is 1520. The summed E-state index contributed by atoms with van der Waals surface area (Å²) in [5, 5.41) is 0. The molecule has 4 fully saturated rings. The zero-order chi connectivity index (χ0) is 52.7. The number of esters is 4. The van der Waals surface area contributed by atoms with E-state index in [1.165, 1.54) is 161 Å². The molecule has 0 aromatic rings. The second kappa shape index (κ2) is 35.8. The van der Waals surface area contributed by atoms with Gasteiger partial charge in [0.1, 0.15) is 19.0 Å². The molecule has 9 atom stereocenters. The van der Waals surface area contributed by atoms with E-state index in [0.717, 1.165) is 70.1 Å². The lowest BCUT2D eigenvalue weighted by Crippen LogP contribution is -2.54. The summed E-state index contributed by atoms with van der Waals surface area (Å²) in [7, 11) is 0. The minimum atomic E-state index is -0.932. The zero-order valence-corrected chi connectivity index (χ0v) is 47.9. The van der Waals surface area contributed by atoms with Crippen molar-refractivity contribution in [1.82, 2.24) is 0 Å². The molecule has 1 unspecified atom stereocenters. The molecule has 0 aliphatic heterocycles. The highest BCUT2D eigenvalue weighted by Gasteiger charge is 2.61. The Balaban J connectivity index is 1.12. The Hall–Kier alpha value is -2.49. The van der Waals surface area contributed by atoms with Gasteiger partial charge in [-0.15, -0.1) is 0 Å². The Morgan fingerprint density at radius 1 is 0.493 bits per heavy atom. The highest BCUT2D eigenvalue weighted by atomic mass is 16.7. The Kier molecular flexibility index (Phi) is 30.9. The zero-order valence-electron chi connectivity index (χ0n) is 47.9. The van der Waals surface area contributed by atoms with Crippen molar-refractivity contribution in [3.63, 3.8) is 0 Å². The summed E-state index contributed by atoms with van der Waals surface area (Å²) < 4.78 is 28.7. The molecule has 422 valence electrons. The molecular weight excluding hydrogens is 917 g/mol. The molecule has 0 spiro atoms. The highest BCUT2D eigenvalue weighted by Crippen LogP contribution is 2.67. The van der Waals surface area contributed by atoms with E-state index in [9.17, 15) is 24.0 Å². The lowest BCUT2D eigenvalue weighted by molar-refractivity contribution is -0.175. The molecular formula is C63H110O10. The minimum Gasteiger partial charge on any atom is -0.462 e. The maximum Gasteiger partial charge on any atom is 0.308 e. The smallest absolute Gasteiger partial charge is 0.308 e. The number of Topliss-reactive ketones (excluding diaryl/α,β-unsaturated/α-hetero) is 1. The quantitative estimate of drug-likeness (QED) is 0.0252. The average molecular weight is 1030 g/mol. The third-order valence-electron chi connectivity index (χ3n) is 18.8. The summed E-state index contributed by atoms with van der Waals surface area (Å²) in [6, 6.07) is 0. The van der Waals surface area contributed by atoms with E-state index in [-0.39, 0.29) is 68.1 Å². The van der Waals surface area contributed by atoms with Crippen LogP contribution in [0.2, 0.25) is 0 Å². The molecule has 10 nitrogen and oxygen atoms in total. The van der Waals surface area contributed by atoms with Crippen LogP contribution in [0.4, 0.5) is 0 Å². The largest absolute Gasteiger partial charge is 0.462 e. The summed E-state index contributed by atoms with van der Waals surface area (Å²) in [6.45, 7) is 12.6. The molecule has 4 aliphatic rings. The third kappa shape index (κ3) is 22.9. The number of carbonyl (C=O) groups excluding carboxylic acids is 5. The topological polar surface area (TPSA) is 132 Å². The normalized spacial score (nSPS) is 25.8. The number of unbranched alkanes of at least 4 members (excludes halogenated alkanes) is 24. The van der Waals surface area contributed by atoms with Gasteiger partial charge in [-0.05, 0) is 118 Å². The van der Waals surface area contributed by atoms with E-state index < -0.39 is 18.0 Å². The summed E-state index contributed by atoms with van der Waals surface area (Å²) in [5.41, 5.74) is 0.461. The van der Waals surface area contributed by atoms with E-state index in [1.807, 2.05) is 13.8 Å². The van der Waals surface area contributed by atoms with Crippen LogP contribution in [0, 0.1) is 46.3 Å². The number of ether oxygens (including phenoxy) is 5. The van der Waals surface area contributed by atoms with Crippen molar-refractivity contribution >= 4 is 29.7 Å². The molecule has 0 N–H and O–H groups in total. The molecule has 4 aliphatic carbocycles. The summed E-state index contributed by atoms with van der Waals surface area (Å²) in [6.07, 6.45) is 41.7. The van der Waals surface area contributed by atoms with Crippen molar-refractivity contribution in [1.29, 1.82) is 0 Å². The van der Waals surface area contributed by atoms with E-state index in [2.05, 4.69) is 27.7 Å². The molecule has 0 aromatic carbocycles. The monoisotopic (exact) mass is 1030 g/mol. The van der Waals surface area contributed by atoms with Crippen LogP contribution in [0.1, 0.15) is 292 Å². The van der Waals surface area contributed by atoms with E-state index in [0.29, 0.717) is 41.8 Å². The van der Waals surface area contributed by atoms with Crippen molar-refractivity contribution in [3.8, 4) is 0 Å². The van der Waals surface area contributed by atoms with Crippen molar-refractivity contribution in [3.05, 3.63) is 0 Å². The van der Waals surface area contributed by atoms with Crippen LogP contribution in [0.5, 0.6) is 0 Å². The lowest BCUT2D eigenvalue weighted by atomic mass is 9.44. The Morgan fingerprint density at radius 3 is 1.44 bits per heavy atom.